The predicted octanol–water partition coefficient (Wildman–Crippen LogP) is 3.56. The molecule has 0 aliphatic carbocycles. The molecular weight excluding hydrogens is 338 g/mol. The first-order valence-corrected chi connectivity index (χ1v) is 9.25. The zero-order valence-corrected chi connectivity index (χ0v) is 15.2. The molecule has 1 aromatic carbocycles. The maximum Gasteiger partial charge on any atom is 0.160 e. The van der Waals surface area contributed by atoms with E-state index >= 15 is 0 Å². The lowest BCUT2D eigenvalue weighted by atomic mass is 9.93. The SMILES string of the molecule is Cc1cc(-c2nccn2[C@@H]2COC[C@@H]2Cc2ccnc3ccccc23)n[nH]1. The number of ether oxygens (including phenoxy) is 1. The normalized spacial score (nSPS) is 19.7. The number of H-pyrrole nitrogens is 1. The summed E-state index contributed by atoms with van der Waals surface area (Å²) >= 11 is 0. The molecule has 6 nitrogen and oxygen atoms in total. The Balaban J connectivity index is 1.47. The van der Waals surface area contributed by atoms with Crippen molar-refractivity contribution < 1.29 is 4.74 Å². The highest BCUT2D eigenvalue weighted by Crippen LogP contribution is 2.33. The third kappa shape index (κ3) is 2.92. The van der Waals surface area contributed by atoms with Crippen LogP contribution in [0.25, 0.3) is 22.4 Å². The number of nitrogens with zero attached hydrogens (tertiary/aromatic N) is 4. The first-order chi connectivity index (χ1) is 13.3. The molecule has 2 atom stereocenters. The Bertz CT molecular complexity index is 1080. The van der Waals surface area contributed by atoms with E-state index < -0.39 is 0 Å². The second-order valence-electron chi connectivity index (χ2n) is 7.15. The number of pyridine rings is 1. The van der Waals surface area contributed by atoms with Gasteiger partial charge in [0.2, 0.25) is 0 Å². The van der Waals surface area contributed by atoms with Crippen LogP contribution in [0.2, 0.25) is 0 Å². The summed E-state index contributed by atoms with van der Waals surface area (Å²) in [5.41, 5.74) is 4.26. The number of hydrogen-bond acceptors (Lipinski definition) is 4. The van der Waals surface area contributed by atoms with Gasteiger partial charge in [-0.15, -0.1) is 0 Å². The lowest BCUT2D eigenvalue weighted by Crippen LogP contribution is -2.20. The monoisotopic (exact) mass is 359 g/mol. The van der Waals surface area contributed by atoms with Gasteiger partial charge in [-0.1, -0.05) is 18.2 Å². The minimum Gasteiger partial charge on any atom is -0.379 e. The van der Waals surface area contributed by atoms with Crippen molar-refractivity contribution in [3.63, 3.8) is 0 Å². The van der Waals surface area contributed by atoms with Gasteiger partial charge in [-0.3, -0.25) is 10.1 Å². The van der Waals surface area contributed by atoms with Crippen molar-refractivity contribution in [3.05, 3.63) is 66.2 Å². The highest BCUT2D eigenvalue weighted by Gasteiger charge is 2.32. The Morgan fingerprint density at radius 1 is 1.15 bits per heavy atom. The summed E-state index contributed by atoms with van der Waals surface area (Å²) in [7, 11) is 0. The van der Waals surface area contributed by atoms with Crippen LogP contribution >= 0.6 is 0 Å². The van der Waals surface area contributed by atoms with Crippen molar-refractivity contribution in [3.8, 4) is 11.5 Å². The molecule has 1 N–H and O–H groups in total. The van der Waals surface area contributed by atoms with Gasteiger partial charge in [0.25, 0.3) is 0 Å². The van der Waals surface area contributed by atoms with Crippen molar-refractivity contribution in [1.82, 2.24) is 24.7 Å². The van der Waals surface area contributed by atoms with Crippen molar-refractivity contribution in [2.24, 2.45) is 5.92 Å². The second kappa shape index (κ2) is 6.63. The number of aromatic nitrogens is 5. The number of para-hydroxylation sites is 1. The average molecular weight is 359 g/mol. The molecule has 3 aromatic heterocycles. The topological polar surface area (TPSA) is 68.6 Å². The molecular formula is C21H21N5O. The fourth-order valence-electron chi connectivity index (χ4n) is 4.02. The Morgan fingerprint density at radius 3 is 2.96 bits per heavy atom. The van der Waals surface area contributed by atoms with Crippen LogP contribution in [0.4, 0.5) is 0 Å². The van der Waals surface area contributed by atoms with Crippen LogP contribution in [-0.4, -0.2) is 37.9 Å². The number of imidazole rings is 1. The highest BCUT2D eigenvalue weighted by molar-refractivity contribution is 5.81. The van der Waals surface area contributed by atoms with Gasteiger partial charge >= 0.3 is 0 Å². The van der Waals surface area contributed by atoms with Crippen LogP contribution in [0.5, 0.6) is 0 Å². The third-order valence-electron chi connectivity index (χ3n) is 5.35. The summed E-state index contributed by atoms with van der Waals surface area (Å²) in [5.74, 6) is 1.27. The van der Waals surface area contributed by atoms with Gasteiger partial charge < -0.3 is 9.30 Å². The summed E-state index contributed by atoms with van der Waals surface area (Å²) in [4.78, 5) is 9.03. The average Bonchev–Trinajstić information content (AvgIpc) is 3.42. The van der Waals surface area contributed by atoms with Crippen LogP contribution in [0.3, 0.4) is 0 Å². The van der Waals surface area contributed by atoms with E-state index in [9.17, 15) is 0 Å². The van der Waals surface area contributed by atoms with Crippen LogP contribution in [0.15, 0.2) is 55.0 Å². The van der Waals surface area contributed by atoms with Gasteiger partial charge in [0, 0.05) is 35.6 Å². The second-order valence-corrected chi connectivity index (χ2v) is 7.15. The van der Waals surface area contributed by atoms with E-state index in [0.29, 0.717) is 12.5 Å². The Kier molecular flexibility index (Phi) is 3.98. The molecule has 5 rings (SSSR count). The summed E-state index contributed by atoms with van der Waals surface area (Å²) in [5, 5.41) is 8.61. The first-order valence-electron chi connectivity index (χ1n) is 9.25. The van der Waals surface area contributed by atoms with E-state index in [1.165, 1.54) is 10.9 Å². The summed E-state index contributed by atoms with van der Waals surface area (Å²) in [6.45, 7) is 3.44. The minimum atomic E-state index is 0.242. The third-order valence-corrected chi connectivity index (χ3v) is 5.35. The van der Waals surface area contributed by atoms with Crippen molar-refractivity contribution in [2.75, 3.05) is 13.2 Å². The molecule has 4 aromatic rings. The maximum absolute atomic E-state index is 5.88. The standard InChI is InChI=1S/C21H21N5O/c1-14-10-19(25-24-14)21-23-8-9-26(21)20-13-27-12-16(20)11-15-6-7-22-18-5-3-2-4-17(15)18/h2-10,16,20H,11-13H2,1H3,(H,24,25)/t16-,20+/m0/s1. The number of nitrogens with one attached hydrogen (secondary N) is 1. The molecule has 1 saturated heterocycles. The molecule has 0 radical (unpaired) electrons. The predicted molar refractivity (Wildman–Crippen MR) is 103 cm³/mol. The van der Waals surface area contributed by atoms with E-state index in [4.69, 9.17) is 4.74 Å². The zero-order valence-electron chi connectivity index (χ0n) is 15.2. The highest BCUT2D eigenvalue weighted by atomic mass is 16.5. The molecule has 6 heteroatoms. The van der Waals surface area contributed by atoms with Gasteiger partial charge in [0.05, 0.1) is 24.8 Å². The number of hydrogen-bond donors (Lipinski definition) is 1. The molecule has 0 bridgehead atoms. The lowest BCUT2D eigenvalue weighted by Gasteiger charge is -2.21. The molecule has 0 saturated carbocycles. The number of fused-ring (bicyclic) bond motifs is 1. The van der Waals surface area contributed by atoms with Crippen LogP contribution < -0.4 is 0 Å². The fourth-order valence-corrected chi connectivity index (χ4v) is 4.02. The molecule has 0 unspecified atom stereocenters. The van der Waals surface area contributed by atoms with Gasteiger partial charge in [0.1, 0.15) is 5.69 Å². The van der Waals surface area contributed by atoms with Gasteiger partial charge in [-0.25, -0.2) is 4.98 Å². The molecule has 0 spiro atoms. The molecule has 1 fully saturated rings. The smallest absolute Gasteiger partial charge is 0.160 e. The van der Waals surface area contributed by atoms with Crippen LogP contribution in [0, 0.1) is 12.8 Å². The maximum atomic E-state index is 5.88. The van der Waals surface area contributed by atoms with E-state index in [1.807, 2.05) is 37.6 Å². The minimum absolute atomic E-state index is 0.242. The van der Waals surface area contributed by atoms with E-state index in [2.05, 4.69) is 49.0 Å². The molecule has 0 amide bonds. The first kappa shape index (κ1) is 16.2. The van der Waals surface area contributed by atoms with Crippen LogP contribution in [0.1, 0.15) is 17.3 Å². The largest absolute Gasteiger partial charge is 0.379 e. The van der Waals surface area contributed by atoms with E-state index in [1.54, 1.807) is 0 Å². The number of aryl methyl sites for hydroxylation is 1. The Labute approximate surface area is 157 Å². The number of benzene rings is 1. The number of rotatable bonds is 4. The van der Waals surface area contributed by atoms with E-state index in [-0.39, 0.29) is 6.04 Å². The van der Waals surface area contributed by atoms with Crippen molar-refractivity contribution in [2.45, 2.75) is 19.4 Å². The molecule has 1 aliphatic rings. The Hall–Kier alpha value is -2.99. The van der Waals surface area contributed by atoms with Crippen molar-refractivity contribution >= 4 is 10.9 Å². The Morgan fingerprint density at radius 2 is 2.07 bits per heavy atom. The van der Waals surface area contributed by atoms with Gasteiger partial charge in [0.15, 0.2) is 5.82 Å². The summed E-state index contributed by atoms with van der Waals surface area (Å²) in [6.07, 6.45) is 6.73. The quantitative estimate of drug-likeness (QED) is 0.605. The summed E-state index contributed by atoms with van der Waals surface area (Å²) < 4.78 is 8.10. The van der Waals surface area contributed by atoms with Crippen molar-refractivity contribution in [1.29, 1.82) is 0 Å². The summed E-state index contributed by atoms with van der Waals surface area (Å²) in [6, 6.07) is 12.7. The fraction of sp³-hybridized carbons (Fsp3) is 0.286. The van der Waals surface area contributed by atoms with Gasteiger partial charge in [-0.2, -0.15) is 5.10 Å². The lowest BCUT2D eigenvalue weighted by molar-refractivity contribution is 0.181. The zero-order chi connectivity index (χ0) is 18.2. The molecule has 1 aliphatic heterocycles. The number of aromatic amines is 1. The van der Waals surface area contributed by atoms with E-state index in [0.717, 1.165) is 35.8 Å². The molecule has 136 valence electrons. The molecule has 4 heterocycles. The molecule has 27 heavy (non-hydrogen) atoms. The van der Waals surface area contributed by atoms with Gasteiger partial charge in [-0.05, 0) is 37.1 Å². The van der Waals surface area contributed by atoms with Crippen LogP contribution in [-0.2, 0) is 11.2 Å².